The maximum Gasteiger partial charge on any atom is 0.345 e. The smallest absolute Gasteiger partial charge is 0.345 e. The van der Waals surface area contributed by atoms with Crippen molar-refractivity contribution < 1.29 is 4.79 Å². The van der Waals surface area contributed by atoms with Crippen molar-refractivity contribution in [3.8, 4) is 0 Å². The number of hydrogen-bond donors (Lipinski definition) is 1. The first-order valence-electron chi connectivity index (χ1n) is 9.71. The van der Waals surface area contributed by atoms with Gasteiger partial charge < -0.3 is 10.6 Å². The van der Waals surface area contributed by atoms with Crippen LogP contribution in [-0.4, -0.2) is 38.3 Å². The highest BCUT2D eigenvalue weighted by atomic mass is 16.2. The maximum atomic E-state index is 12.6. The number of primary amides is 1. The van der Waals surface area contributed by atoms with E-state index in [2.05, 4.69) is 15.0 Å². The van der Waals surface area contributed by atoms with Gasteiger partial charge in [0, 0.05) is 37.8 Å². The lowest BCUT2D eigenvalue weighted by atomic mass is 9.95. The monoisotopic (exact) mass is 392 g/mol. The zero-order valence-electron chi connectivity index (χ0n) is 16.4. The molecule has 1 fully saturated rings. The summed E-state index contributed by atoms with van der Waals surface area (Å²) in [5, 5.41) is 4.54. The van der Waals surface area contributed by atoms with Gasteiger partial charge in [-0.3, -0.25) is 9.36 Å². The number of rotatable bonds is 5. The van der Waals surface area contributed by atoms with Gasteiger partial charge in [0.25, 0.3) is 0 Å². The van der Waals surface area contributed by atoms with E-state index in [0.29, 0.717) is 12.1 Å². The molecule has 8 heteroatoms. The molecular weight excluding hydrogens is 368 g/mol. The van der Waals surface area contributed by atoms with Crippen molar-refractivity contribution in [2.75, 3.05) is 18.0 Å². The largest absolute Gasteiger partial charge is 0.366 e. The molecule has 1 amide bonds. The fraction of sp³-hybridized carbons (Fsp3) is 0.333. The zero-order chi connectivity index (χ0) is 20.4. The van der Waals surface area contributed by atoms with Gasteiger partial charge in [-0.1, -0.05) is 30.3 Å². The summed E-state index contributed by atoms with van der Waals surface area (Å²) in [5.41, 5.74) is 6.82. The second-order valence-corrected chi connectivity index (χ2v) is 7.36. The first kappa shape index (κ1) is 18.9. The van der Waals surface area contributed by atoms with Gasteiger partial charge in [-0.05, 0) is 30.5 Å². The molecule has 2 N–H and O–H groups in total. The van der Waals surface area contributed by atoms with Crippen LogP contribution < -0.4 is 16.3 Å². The number of aryl methyl sites for hydroxylation is 1. The van der Waals surface area contributed by atoms with Crippen molar-refractivity contribution in [3.63, 3.8) is 0 Å². The fourth-order valence-electron chi connectivity index (χ4n) is 3.85. The lowest BCUT2D eigenvalue weighted by molar-refractivity contribution is 0.1000. The Morgan fingerprint density at radius 3 is 2.59 bits per heavy atom. The van der Waals surface area contributed by atoms with E-state index in [0.717, 1.165) is 43.1 Å². The number of aromatic nitrogens is 4. The van der Waals surface area contributed by atoms with E-state index in [-0.39, 0.29) is 11.6 Å². The molecule has 3 heterocycles. The van der Waals surface area contributed by atoms with Gasteiger partial charge in [0.15, 0.2) is 0 Å². The van der Waals surface area contributed by atoms with Gasteiger partial charge in [-0.2, -0.15) is 5.10 Å². The predicted molar refractivity (Wildman–Crippen MR) is 110 cm³/mol. The van der Waals surface area contributed by atoms with Crippen LogP contribution in [0.1, 0.15) is 40.5 Å². The number of hydrogen-bond acceptors (Lipinski definition) is 5. The molecule has 29 heavy (non-hydrogen) atoms. The Hall–Kier alpha value is -3.42. The SMILES string of the molecule is Cn1nc(C2CCN(c3cc(C(N)=O)ccn3)CC2)n(Cc2ccccc2)c1=O. The Bertz CT molecular complexity index is 1060. The van der Waals surface area contributed by atoms with Gasteiger partial charge in [-0.25, -0.2) is 14.5 Å². The van der Waals surface area contributed by atoms with E-state index < -0.39 is 5.91 Å². The summed E-state index contributed by atoms with van der Waals surface area (Å²) < 4.78 is 3.20. The van der Waals surface area contributed by atoms with E-state index >= 15 is 0 Å². The number of pyridine rings is 1. The van der Waals surface area contributed by atoms with Crippen LogP contribution in [0, 0.1) is 0 Å². The second kappa shape index (κ2) is 7.90. The van der Waals surface area contributed by atoms with E-state index in [1.165, 1.54) is 4.68 Å². The molecule has 0 radical (unpaired) electrons. The minimum absolute atomic E-state index is 0.0953. The molecule has 1 aromatic carbocycles. The number of nitrogens with two attached hydrogens (primary N) is 1. The minimum Gasteiger partial charge on any atom is -0.366 e. The van der Waals surface area contributed by atoms with Crippen LogP contribution >= 0.6 is 0 Å². The lowest BCUT2D eigenvalue weighted by Crippen LogP contribution is -2.35. The third-order valence-electron chi connectivity index (χ3n) is 5.43. The highest BCUT2D eigenvalue weighted by Crippen LogP contribution is 2.29. The average Bonchev–Trinajstić information content (AvgIpc) is 3.03. The van der Waals surface area contributed by atoms with Crippen molar-refractivity contribution in [3.05, 3.63) is 76.1 Å². The topological polar surface area (TPSA) is 99.0 Å². The standard InChI is InChI=1S/C21H24N6O2/c1-25-21(29)27(14-15-5-3-2-4-6-15)20(24-25)16-8-11-26(12-9-16)18-13-17(19(22)28)7-10-23-18/h2-7,10,13,16H,8-9,11-12,14H2,1H3,(H2,22,28). The van der Waals surface area contributed by atoms with Crippen LogP contribution in [0.3, 0.4) is 0 Å². The summed E-state index contributed by atoms with van der Waals surface area (Å²) in [6.07, 6.45) is 3.32. The maximum absolute atomic E-state index is 12.6. The van der Waals surface area contributed by atoms with Crippen LogP contribution in [0.15, 0.2) is 53.5 Å². The van der Waals surface area contributed by atoms with Crippen molar-refractivity contribution in [2.24, 2.45) is 12.8 Å². The molecular formula is C21H24N6O2. The first-order valence-corrected chi connectivity index (χ1v) is 9.71. The summed E-state index contributed by atoms with van der Waals surface area (Å²) in [6.45, 7) is 2.07. The summed E-state index contributed by atoms with van der Waals surface area (Å²) in [4.78, 5) is 30.6. The molecule has 3 aromatic rings. The molecule has 1 saturated heterocycles. The highest BCUT2D eigenvalue weighted by Gasteiger charge is 2.27. The Morgan fingerprint density at radius 2 is 1.90 bits per heavy atom. The van der Waals surface area contributed by atoms with Gasteiger partial charge in [0.1, 0.15) is 11.6 Å². The van der Waals surface area contributed by atoms with Crippen LogP contribution in [0.2, 0.25) is 0 Å². The summed E-state index contributed by atoms with van der Waals surface area (Å²) in [6, 6.07) is 13.3. The van der Waals surface area contributed by atoms with Crippen molar-refractivity contribution in [1.29, 1.82) is 0 Å². The van der Waals surface area contributed by atoms with Crippen molar-refractivity contribution >= 4 is 11.7 Å². The van der Waals surface area contributed by atoms with Crippen molar-refractivity contribution in [1.82, 2.24) is 19.3 Å². The number of amides is 1. The Labute approximate surface area is 168 Å². The quantitative estimate of drug-likeness (QED) is 0.710. The molecule has 4 rings (SSSR count). The third-order valence-corrected chi connectivity index (χ3v) is 5.43. The molecule has 0 aliphatic carbocycles. The Balaban J connectivity index is 1.52. The van der Waals surface area contributed by atoms with Crippen LogP contribution in [0.4, 0.5) is 5.82 Å². The fourth-order valence-corrected chi connectivity index (χ4v) is 3.85. The number of piperidine rings is 1. The molecule has 1 aliphatic rings. The summed E-state index contributed by atoms with van der Waals surface area (Å²) in [5.74, 6) is 1.33. The Kier molecular flexibility index (Phi) is 5.16. The number of carbonyl (C=O) groups is 1. The molecule has 0 saturated carbocycles. The van der Waals surface area contributed by atoms with Gasteiger partial charge >= 0.3 is 5.69 Å². The summed E-state index contributed by atoms with van der Waals surface area (Å²) in [7, 11) is 1.70. The van der Waals surface area contributed by atoms with Crippen LogP contribution in [-0.2, 0) is 13.6 Å². The van der Waals surface area contributed by atoms with Crippen molar-refractivity contribution in [2.45, 2.75) is 25.3 Å². The molecule has 2 aromatic heterocycles. The molecule has 150 valence electrons. The normalized spacial score (nSPS) is 14.9. The van der Waals surface area contributed by atoms with Gasteiger partial charge in [-0.15, -0.1) is 0 Å². The zero-order valence-corrected chi connectivity index (χ0v) is 16.4. The molecule has 8 nitrogen and oxygen atoms in total. The molecule has 0 bridgehead atoms. The molecule has 0 unspecified atom stereocenters. The number of benzene rings is 1. The molecule has 1 aliphatic heterocycles. The first-order chi connectivity index (χ1) is 14.0. The van der Waals surface area contributed by atoms with E-state index in [1.807, 2.05) is 30.3 Å². The van der Waals surface area contributed by atoms with Crippen LogP contribution in [0.5, 0.6) is 0 Å². The van der Waals surface area contributed by atoms with Crippen LogP contribution in [0.25, 0.3) is 0 Å². The Morgan fingerprint density at radius 1 is 1.17 bits per heavy atom. The van der Waals surface area contributed by atoms with Gasteiger partial charge in [0.05, 0.1) is 6.54 Å². The number of carbonyl (C=O) groups excluding carboxylic acids is 1. The predicted octanol–water partition coefficient (Wildman–Crippen LogP) is 1.51. The lowest BCUT2D eigenvalue weighted by Gasteiger charge is -2.32. The number of anilines is 1. The third kappa shape index (κ3) is 3.91. The molecule has 0 atom stereocenters. The van der Waals surface area contributed by atoms with E-state index in [9.17, 15) is 9.59 Å². The average molecular weight is 392 g/mol. The van der Waals surface area contributed by atoms with Gasteiger partial charge in [0.2, 0.25) is 5.91 Å². The summed E-state index contributed by atoms with van der Waals surface area (Å²) >= 11 is 0. The second-order valence-electron chi connectivity index (χ2n) is 7.36. The minimum atomic E-state index is -0.457. The van der Waals surface area contributed by atoms with E-state index in [1.54, 1.807) is 29.9 Å². The van der Waals surface area contributed by atoms with E-state index in [4.69, 9.17) is 5.73 Å². The molecule has 0 spiro atoms. The number of nitrogens with zero attached hydrogens (tertiary/aromatic N) is 5. The highest BCUT2D eigenvalue weighted by molar-refractivity contribution is 5.93.